The molecule has 1 fully saturated rings. The van der Waals surface area contributed by atoms with Crippen LogP contribution in [0.4, 0.5) is 5.82 Å². The molecule has 0 unspecified atom stereocenters. The van der Waals surface area contributed by atoms with E-state index in [1.54, 1.807) is 4.68 Å². The molecular formula is C18H20N6OS. The molecule has 7 nitrogen and oxygen atoms in total. The minimum absolute atomic E-state index is 0.0879. The summed E-state index contributed by atoms with van der Waals surface area (Å²) < 4.78 is 3.88. The Labute approximate surface area is 155 Å². The van der Waals surface area contributed by atoms with Crippen molar-refractivity contribution in [2.75, 3.05) is 11.1 Å². The van der Waals surface area contributed by atoms with Gasteiger partial charge in [0.1, 0.15) is 11.6 Å². The molecule has 2 aromatic heterocycles. The Morgan fingerprint density at radius 2 is 2.00 bits per heavy atom. The van der Waals surface area contributed by atoms with Gasteiger partial charge in [-0.1, -0.05) is 30.0 Å². The summed E-state index contributed by atoms with van der Waals surface area (Å²) in [5.41, 5.74) is 1.76. The Bertz CT molecular complexity index is 929. The summed E-state index contributed by atoms with van der Waals surface area (Å²) in [6.45, 7) is 3.86. The summed E-state index contributed by atoms with van der Waals surface area (Å²) in [5.74, 6) is 1.77. The van der Waals surface area contributed by atoms with E-state index >= 15 is 0 Å². The molecule has 0 bridgehead atoms. The Balaban J connectivity index is 1.45. The molecule has 0 saturated heterocycles. The number of amides is 1. The molecule has 1 amide bonds. The van der Waals surface area contributed by atoms with Crippen LogP contribution in [0.5, 0.6) is 0 Å². The number of nitrogens with one attached hydrogen (secondary N) is 1. The van der Waals surface area contributed by atoms with Crippen molar-refractivity contribution in [1.29, 1.82) is 0 Å². The molecule has 1 aliphatic carbocycles. The zero-order valence-corrected chi connectivity index (χ0v) is 15.5. The van der Waals surface area contributed by atoms with E-state index in [0.717, 1.165) is 35.2 Å². The van der Waals surface area contributed by atoms with Crippen molar-refractivity contribution in [3.05, 3.63) is 47.9 Å². The predicted octanol–water partition coefficient (Wildman–Crippen LogP) is 3.15. The number of anilines is 1. The minimum Gasteiger partial charge on any atom is -0.310 e. The van der Waals surface area contributed by atoms with Gasteiger partial charge in [0, 0.05) is 12.1 Å². The summed E-state index contributed by atoms with van der Waals surface area (Å²) in [4.78, 5) is 12.5. The van der Waals surface area contributed by atoms with Crippen molar-refractivity contribution in [3.63, 3.8) is 0 Å². The molecular weight excluding hydrogens is 348 g/mol. The molecule has 1 aromatic carbocycles. The maximum absolute atomic E-state index is 12.5. The van der Waals surface area contributed by atoms with E-state index in [-0.39, 0.29) is 11.7 Å². The normalized spacial score (nSPS) is 13.8. The van der Waals surface area contributed by atoms with Crippen LogP contribution in [0.1, 0.15) is 30.4 Å². The Hall–Kier alpha value is -2.61. The highest BCUT2D eigenvalue weighted by Crippen LogP contribution is 2.38. The second-order valence-electron chi connectivity index (χ2n) is 6.39. The molecule has 8 heteroatoms. The number of benzene rings is 1. The number of hydrogen-bond donors (Lipinski definition) is 1. The lowest BCUT2D eigenvalue weighted by atomic mass is 10.3. The first-order chi connectivity index (χ1) is 12.6. The van der Waals surface area contributed by atoms with E-state index in [9.17, 15) is 4.79 Å². The zero-order chi connectivity index (χ0) is 18.1. The van der Waals surface area contributed by atoms with Gasteiger partial charge in [-0.25, -0.2) is 4.68 Å². The van der Waals surface area contributed by atoms with Gasteiger partial charge in [0.05, 0.1) is 17.1 Å². The third-order valence-corrected chi connectivity index (χ3v) is 5.12. The van der Waals surface area contributed by atoms with E-state index < -0.39 is 0 Å². The van der Waals surface area contributed by atoms with E-state index in [1.165, 1.54) is 11.8 Å². The Kier molecular flexibility index (Phi) is 4.50. The topological polar surface area (TPSA) is 77.6 Å². The average molecular weight is 368 g/mol. The standard InChI is InChI=1S/C18H20N6OS/c1-12-10-16(24(22-12)15-6-4-3-5-7-15)19-17(25)11-26-18-21-20-13(2)23(18)14-8-9-14/h3-7,10,14H,8-9,11H2,1-2H3,(H,19,25). The van der Waals surface area contributed by atoms with Gasteiger partial charge in [0.2, 0.25) is 5.91 Å². The first kappa shape index (κ1) is 16.8. The second kappa shape index (κ2) is 6.95. The van der Waals surface area contributed by atoms with Crippen molar-refractivity contribution < 1.29 is 4.79 Å². The van der Waals surface area contributed by atoms with E-state index in [4.69, 9.17) is 0 Å². The van der Waals surface area contributed by atoms with Crippen LogP contribution in [0.2, 0.25) is 0 Å². The van der Waals surface area contributed by atoms with Crippen LogP contribution in [0.15, 0.2) is 41.6 Å². The third-order valence-electron chi connectivity index (χ3n) is 4.18. The van der Waals surface area contributed by atoms with Crippen molar-refractivity contribution in [2.24, 2.45) is 0 Å². The second-order valence-corrected chi connectivity index (χ2v) is 7.33. The summed E-state index contributed by atoms with van der Waals surface area (Å²) in [6.07, 6.45) is 2.32. The number of carbonyl (C=O) groups excluding carboxylic acids is 1. The van der Waals surface area contributed by atoms with E-state index in [0.29, 0.717) is 11.9 Å². The molecule has 4 rings (SSSR count). The average Bonchev–Trinajstić information content (AvgIpc) is 3.31. The molecule has 0 spiro atoms. The van der Waals surface area contributed by atoms with Crippen LogP contribution in [0, 0.1) is 13.8 Å². The van der Waals surface area contributed by atoms with Crippen LogP contribution >= 0.6 is 11.8 Å². The first-order valence-electron chi connectivity index (χ1n) is 8.58. The van der Waals surface area contributed by atoms with Gasteiger partial charge >= 0.3 is 0 Å². The number of thioether (sulfide) groups is 1. The lowest BCUT2D eigenvalue weighted by Gasteiger charge is -2.09. The highest BCUT2D eigenvalue weighted by molar-refractivity contribution is 7.99. The van der Waals surface area contributed by atoms with Crippen LogP contribution < -0.4 is 5.32 Å². The first-order valence-corrected chi connectivity index (χ1v) is 9.56. The summed E-state index contributed by atoms with van der Waals surface area (Å²) >= 11 is 1.42. The highest BCUT2D eigenvalue weighted by Gasteiger charge is 2.28. The fourth-order valence-corrected chi connectivity index (χ4v) is 3.72. The molecule has 3 aromatic rings. The zero-order valence-electron chi connectivity index (χ0n) is 14.7. The number of nitrogens with zero attached hydrogens (tertiary/aromatic N) is 5. The van der Waals surface area contributed by atoms with Crippen LogP contribution in [-0.2, 0) is 4.79 Å². The maximum atomic E-state index is 12.5. The number of carbonyl (C=O) groups is 1. The molecule has 0 aliphatic heterocycles. The van der Waals surface area contributed by atoms with Crippen molar-refractivity contribution in [1.82, 2.24) is 24.5 Å². The minimum atomic E-state index is -0.0879. The predicted molar refractivity (Wildman–Crippen MR) is 101 cm³/mol. The van der Waals surface area contributed by atoms with E-state index in [1.807, 2.05) is 50.2 Å². The Morgan fingerprint density at radius 1 is 1.23 bits per heavy atom. The summed E-state index contributed by atoms with van der Waals surface area (Å²) in [5, 5.41) is 16.6. The number of rotatable bonds is 6. The smallest absolute Gasteiger partial charge is 0.236 e. The molecule has 1 saturated carbocycles. The molecule has 0 radical (unpaired) electrons. The molecule has 1 N–H and O–H groups in total. The number of para-hydroxylation sites is 1. The van der Waals surface area contributed by atoms with E-state index in [2.05, 4.69) is 25.2 Å². The summed E-state index contributed by atoms with van der Waals surface area (Å²) in [7, 11) is 0. The number of aromatic nitrogens is 5. The third kappa shape index (κ3) is 3.50. The largest absolute Gasteiger partial charge is 0.310 e. The number of hydrogen-bond acceptors (Lipinski definition) is 5. The SMILES string of the molecule is Cc1cc(NC(=O)CSc2nnc(C)n2C2CC2)n(-c2ccccc2)n1. The van der Waals surface area contributed by atoms with Gasteiger partial charge in [0.15, 0.2) is 5.16 Å². The lowest BCUT2D eigenvalue weighted by Crippen LogP contribution is -2.17. The molecule has 26 heavy (non-hydrogen) atoms. The van der Waals surface area contributed by atoms with Gasteiger partial charge in [-0.2, -0.15) is 5.10 Å². The van der Waals surface area contributed by atoms with Crippen LogP contribution in [-0.4, -0.2) is 36.2 Å². The highest BCUT2D eigenvalue weighted by atomic mass is 32.2. The van der Waals surface area contributed by atoms with Crippen LogP contribution in [0.25, 0.3) is 5.69 Å². The molecule has 134 valence electrons. The van der Waals surface area contributed by atoms with Gasteiger partial charge < -0.3 is 9.88 Å². The van der Waals surface area contributed by atoms with Gasteiger partial charge in [-0.05, 0) is 38.8 Å². The number of aryl methyl sites for hydroxylation is 2. The van der Waals surface area contributed by atoms with Crippen LogP contribution in [0.3, 0.4) is 0 Å². The van der Waals surface area contributed by atoms with Gasteiger partial charge in [0.25, 0.3) is 0 Å². The fourth-order valence-electron chi connectivity index (χ4n) is 2.87. The van der Waals surface area contributed by atoms with Crippen molar-refractivity contribution in [3.8, 4) is 5.69 Å². The van der Waals surface area contributed by atoms with Gasteiger partial charge in [-0.15, -0.1) is 10.2 Å². The fraction of sp³-hybridized carbons (Fsp3) is 0.333. The molecule has 0 atom stereocenters. The van der Waals surface area contributed by atoms with Crippen molar-refractivity contribution in [2.45, 2.75) is 37.9 Å². The Morgan fingerprint density at radius 3 is 2.73 bits per heavy atom. The maximum Gasteiger partial charge on any atom is 0.236 e. The lowest BCUT2D eigenvalue weighted by molar-refractivity contribution is -0.113. The molecule has 2 heterocycles. The quantitative estimate of drug-likeness (QED) is 0.676. The summed E-state index contributed by atoms with van der Waals surface area (Å²) in [6, 6.07) is 12.1. The van der Waals surface area contributed by atoms with Gasteiger partial charge in [-0.3, -0.25) is 4.79 Å². The monoisotopic (exact) mass is 368 g/mol. The molecule has 1 aliphatic rings. The van der Waals surface area contributed by atoms with Crippen molar-refractivity contribution >= 4 is 23.5 Å².